The maximum absolute atomic E-state index is 10.1. The van der Waals surface area contributed by atoms with Gasteiger partial charge >= 0.3 is 0 Å². The molecule has 2 aromatic carbocycles. The van der Waals surface area contributed by atoms with E-state index in [4.69, 9.17) is 16.3 Å². The highest BCUT2D eigenvalue weighted by atomic mass is 35.5. The zero-order chi connectivity index (χ0) is 20.6. The van der Waals surface area contributed by atoms with Gasteiger partial charge in [0.2, 0.25) is 0 Å². The van der Waals surface area contributed by atoms with E-state index in [0.29, 0.717) is 24.3 Å². The molecule has 1 aliphatic heterocycles. The van der Waals surface area contributed by atoms with E-state index >= 15 is 0 Å². The summed E-state index contributed by atoms with van der Waals surface area (Å²) < 4.78 is 5.93. The molecule has 2 N–H and O–H groups in total. The molecule has 6 heteroatoms. The van der Waals surface area contributed by atoms with Gasteiger partial charge in [-0.15, -0.1) is 0 Å². The van der Waals surface area contributed by atoms with E-state index in [0.717, 1.165) is 22.3 Å². The summed E-state index contributed by atoms with van der Waals surface area (Å²) in [6.45, 7) is -0.0911. The maximum atomic E-state index is 10.1. The SMILES string of the molecule is CO/N=C/C=C/c1ccc(Cc2cc(C3CC(O)CC(CO)O3)ccc2Cl)cc1. The molecule has 5 nitrogen and oxygen atoms in total. The van der Waals surface area contributed by atoms with E-state index in [-0.39, 0.29) is 18.8 Å². The van der Waals surface area contributed by atoms with Crippen molar-refractivity contribution in [2.45, 2.75) is 37.6 Å². The molecule has 3 unspecified atom stereocenters. The van der Waals surface area contributed by atoms with Crippen molar-refractivity contribution in [1.29, 1.82) is 0 Å². The lowest BCUT2D eigenvalue weighted by Gasteiger charge is -2.32. The fourth-order valence-corrected chi connectivity index (χ4v) is 3.65. The Morgan fingerprint density at radius 3 is 2.72 bits per heavy atom. The van der Waals surface area contributed by atoms with Crippen LogP contribution in [0.25, 0.3) is 6.08 Å². The molecule has 2 aromatic rings. The second-order valence-electron chi connectivity index (χ2n) is 7.12. The van der Waals surface area contributed by atoms with Crippen LogP contribution in [-0.4, -0.2) is 42.4 Å². The van der Waals surface area contributed by atoms with Crippen LogP contribution < -0.4 is 0 Å². The highest BCUT2D eigenvalue weighted by molar-refractivity contribution is 6.31. The van der Waals surface area contributed by atoms with E-state index in [9.17, 15) is 10.2 Å². The van der Waals surface area contributed by atoms with Gasteiger partial charge in [-0.05, 0) is 40.8 Å². The molecule has 0 spiro atoms. The number of aliphatic hydroxyl groups excluding tert-OH is 2. The molecule has 0 bridgehead atoms. The average Bonchev–Trinajstić information content (AvgIpc) is 2.73. The average molecular weight is 416 g/mol. The number of aliphatic hydroxyl groups is 2. The van der Waals surface area contributed by atoms with Gasteiger partial charge in [0.15, 0.2) is 0 Å². The third-order valence-electron chi connectivity index (χ3n) is 4.94. The molecule has 1 heterocycles. The molecule has 29 heavy (non-hydrogen) atoms. The minimum Gasteiger partial charge on any atom is -0.399 e. The predicted octanol–water partition coefficient (Wildman–Crippen LogP) is 4.15. The van der Waals surface area contributed by atoms with Crippen LogP contribution >= 0.6 is 11.6 Å². The van der Waals surface area contributed by atoms with Gasteiger partial charge in [0, 0.05) is 17.9 Å². The van der Waals surface area contributed by atoms with Crippen molar-refractivity contribution in [2.24, 2.45) is 5.16 Å². The monoisotopic (exact) mass is 415 g/mol. The largest absolute Gasteiger partial charge is 0.399 e. The van der Waals surface area contributed by atoms with Gasteiger partial charge in [0.25, 0.3) is 0 Å². The van der Waals surface area contributed by atoms with Crippen molar-refractivity contribution >= 4 is 23.9 Å². The molecule has 0 aromatic heterocycles. The zero-order valence-electron chi connectivity index (χ0n) is 16.4. The van der Waals surface area contributed by atoms with Gasteiger partial charge in [-0.2, -0.15) is 0 Å². The van der Waals surface area contributed by atoms with Gasteiger partial charge in [-0.1, -0.05) is 59.2 Å². The van der Waals surface area contributed by atoms with Crippen LogP contribution in [0, 0.1) is 0 Å². The number of ether oxygens (including phenoxy) is 1. The summed E-state index contributed by atoms with van der Waals surface area (Å²) in [6, 6.07) is 14.1. The van der Waals surface area contributed by atoms with Crippen LogP contribution in [0.5, 0.6) is 0 Å². The summed E-state index contributed by atoms with van der Waals surface area (Å²) in [5.41, 5.74) is 4.18. The Bertz CT molecular complexity index is 850. The van der Waals surface area contributed by atoms with Crippen LogP contribution in [0.2, 0.25) is 5.02 Å². The summed E-state index contributed by atoms with van der Waals surface area (Å²) in [4.78, 5) is 4.62. The quantitative estimate of drug-likeness (QED) is 0.526. The summed E-state index contributed by atoms with van der Waals surface area (Å²) >= 11 is 6.43. The lowest BCUT2D eigenvalue weighted by molar-refractivity contribution is -0.113. The molecule has 3 atom stereocenters. The first-order valence-corrected chi connectivity index (χ1v) is 10.0. The van der Waals surface area contributed by atoms with E-state index < -0.39 is 6.10 Å². The van der Waals surface area contributed by atoms with Gasteiger partial charge in [-0.25, -0.2) is 0 Å². The summed E-state index contributed by atoms with van der Waals surface area (Å²) in [7, 11) is 1.51. The number of benzene rings is 2. The fraction of sp³-hybridized carbons (Fsp3) is 0.348. The third kappa shape index (κ3) is 6.15. The van der Waals surface area contributed by atoms with E-state index in [1.54, 1.807) is 6.21 Å². The van der Waals surface area contributed by atoms with E-state index in [2.05, 4.69) is 22.1 Å². The Morgan fingerprint density at radius 2 is 2.00 bits per heavy atom. The predicted molar refractivity (Wildman–Crippen MR) is 115 cm³/mol. The Kier molecular flexibility index (Phi) is 7.83. The summed E-state index contributed by atoms with van der Waals surface area (Å²) in [5.74, 6) is 0. The number of nitrogens with zero attached hydrogens (tertiary/aromatic N) is 1. The van der Waals surface area contributed by atoms with E-state index in [1.807, 2.05) is 42.5 Å². The van der Waals surface area contributed by atoms with Crippen LogP contribution in [0.4, 0.5) is 0 Å². The number of halogens is 1. The highest BCUT2D eigenvalue weighted by Gasteiger charge is 2.29. The van der Waals surface area contributed by atoms with Crippen LogP contribution in [0.15, 0.2) is 53.7 Å². The third-order valence-corrected chi connectivity index (χ3v) is 5.31. The molecular formula is C23H26ClNO4. The first kappa shape index (κ1) is 21.5. The van der Waals surface area contributed by atoms with Crippen LogP contribution in [-0.2, 0) is 16.0 Å². The van der Waals surface area contributed by atoms with Crippen molar-refractivity contribution in [1.82, 2.24) is 0 Å². The molecule has 1 aliphatic rings. The molecular weight excluding hydrogens is 390 g/mol. The minimum absolute atomic E-state index is 0.0911. The molecule has 1 saturated heterocycles. The van der Waals surface area contributed by atoms with Crippen LogP contribution in [0.3, 0.4) is 0 Å². The molecule has 0 aliphatic carbocycles. The number of allylic oxidation sites excluding steroid dienone is 1. The second-order valence-corrected chi connectivity index (χ2v) is 7.53. The van der Waals surface area contributed by atoms with Crippen molar-refractivity contribution in [3.8, 4) is 0 Å². The maximum Gasteiger partial charge on any atom is 0.106 e. The number of hydrogen-bond donors (Lipinski definition) is 2. The number of oxime groups is 1. The molecule has 0 amide bonds. The van der Waals surface area contributed by atoms with Crippen molar-refractivity contribution in [3.05, 3.63) is 75.8 Å². The first-order valence-electron chi connectivity index (χ1n) is 9.64. The standard InChI is InChI=1S/C23H26ClNO4/c1-28-25-10-2-3-16-4-6-17(7-5-16)11-19-12-18(8-9-22(19)24)23-14-20(27)13-21(15-26)29-23/h2-10,12,20-21,23,26-27H,11,13-15H2,1H3/b3-2+,25-10+. The van der Waals surface area contributed by atoms with Crippen LogP contribution in [0.1, 0.15) is 41.2 Å². The smallest absolute Gasteiger partial charge is 0.106 e. The number of rotatable bonds is 7. The van der Waals surface area contributed by atoms with Gasteiger partial charge in [0.05, 0.1) is 31.1 Å². The Morgan fingerprint density at radius 1 is 1.21 bits per heavy atom. The Hall–Kier alpha value is -2.18. The van der Waals surface area contributed by atoms with Crippen molar-refractivity contribution < 1.29 is 19.8 Å². The topological polar surface area (TPSA) is 71.3 Å². The molecule has 3 rings (SSSR count). The highest BCUT2D eigenvalue weighted by Crippen LogP contribution is 2.33. The summed E-state index contributed by atoms with van der Waals surface area (Å²) in [5, 5.41) is 23.8. The minimum atomic E-state index is -0.473. The first-order chi connectivity index (χ1) is 14.1. The second kappa shape index (κ2) is 10.6. The lowest BCUT2D eigenvalue weighted by atomic mass is 9.94. The molecule has 0 saturated carbocycles. The zero-order valence-corrected chi connectivity index (χ0v) is 17.1. The Balaban J connectivity index is 1.72. The lowest BCUT2D eigenvalue weighted by Crippen LogP contribution is -2.33. The van der Waals surface area contributed by atoms with Gasteiger partial charge < -0.3 is 19.8 Å². The van der Waals surface area contributed by atoms with Crippen molar-refractivity contribution in [3.63, 3.8) is 0 Å². The van der Waals surface area contributed by atoms with E-state index in [1.165, 1.54) is 7.11 Å². The number of hydrogen-bond acceptors (Lipinski definition) is 5. The van der Waals surface area contributed by atoms with Crippen molar-refractivity contribution in [2.75, 3.05) is 13.7 Å². The normalized spacial score (nSPS) is 22.4. The molecule has 0 radical (unpaired) electrons. The molecule has 1 fully saturated rings. The molecule has 154 valence electrons. The van der Waals surface area contributed by atoms with Gasteiger partial charge in [0.1, 0.15) is 7.11 Å². The van der Waals surface area contributed by atoms with Gasteiger partial charge in [-0.3, -0.25) is 0 Å². The Labute approximate surface area is 176 Å². The summed E-state index contributed by atoms with van der Waals surface area (Å²) in [6.07, 6.45) is 5.98. The fourth-order valence-electron chi connectivity index (χ4n) is 3.47.